The van der Waals surface area contributed by atoms with Gasteiger partial charge in [-0.15, -0.1) is 11.6 Å². The number of rotatable bonds is 4. The highest BCUT2D eigenvalue weighted by Crippen LogP contribution is 2.29. The second kappa shape index (κ2) is 5.70. The van der Waals surface area contributed by atoms with E-state index >= 15 is 0 Å². The van der Waals surface area contributed by atoms with Gasteiger partial charge in [-0.3, -0.25) is 0 Å². The third kappa shape index (κ3) is 2.78. The maximum absolute atomic E-state index is 8.80. The normalized spacial score (nSPS) is 16.9. The minimum absolute atomic E-state index is 0.0550. The zero-order valence-corrected chi connectivity index (χ0v) is 10.3. The maximum Gasteiger partial charge on any atom is 0.0586 e. The monoisotopic (exact) mass is 238 g/mol. The summed E-state index contributed by atoms with van der Waals surface area (Å²) in [5.41, 5.74) is 4.20. The van der Waals surface area contributed by atoms with Crippen molar-refractivity contribution in [3.8, 4) is 0 Å². The van der Waals surface area contributed by atoms with Gasteiger partial charge in [0, 0.05) is 6.61 Å². The van der Waals surface area contributed by atoms with E-state index in [1.54, 1.807) is 0 Å². The number of aryl methyl sites for hydroxylation is 2. The molecular weight excluding hydrogens is 220 g/mol. The van der Waals surface area contributed by atoms with E-state index in [1.807, 2.05) is 0 Å². The standard InChI is InChI=1S/C14H19ClO/c15-14(6-3-9-16)13-8-7-11-4-1-2-5-12(11)10-13/h7-8,10,14,16H,1-6,9H2. The summed E-state index contributed by atoms with van der Waals surface area (Å²) in [4.78, 5) is 0. The van der Waals surface area contributed by atoms with Crippen LogP contribution in [0.25, 0.3) is 0 Å². The fourth-order valence-corrected chi connectivity index (χ4v) is 2.68. The van der Waals surface area contributed by atoms with Crippen LogP contribution in [0, 0.1) is 0 Å². The van der Waals surface area contributed by atoms with Crippen molar-refractivity contribution < 1.29 is 5.11 Å². The quantitative estimate of drug-likeness (QED) is 0.795. The number of benzene rings is 1. The van der Waals surface area contributed by atoms with Gasteiger partial charge in [0.05, 0.1) is 5.38 Å². The molecule has 0 aromatic heterocycles. The van der Waals surface area contributed by atoms with Crippen molar-refractivity contribution in [1.29, 1.82) is 0 Å². The minimum Gasteiger partial charge on any atom is -0.396 e. The van der Waals surface area contributed by atoms with Crippen molar-refractivity contribution in [3.05, 3.63) is 34.9 Å². The molecule has 0 bridgehead atoms. The first kappa shape index (κ1) is 11.9. The molecular formula is C14H19ClO. The Morgan fingerprint density at radius 3 is 2.69 bits per heavy atom. The molecule has 0 fully saturated rings. The van der Waals surface area contributed by atoms with Crippen molar-refractivity contribution in [2.45, 2.75) is 43.9 Å². The molecule has 1 unspecified atom stereocenters. The van der Waals surface area contributed by atoms with Gasteiger partial charge in [-0.25, -0.2) is 0 Å². The van der Waals surface area contributed by atoms with Crippen LogP contribution in [-0.2, 0) is 12.8 Å². The Morgan fingerprint density at radius 2 is 1.94 bits per heavy atom. The van der Waals surface area contributed by atoms with Gasteiger partial charge in [-0.2, -0.15) is 0 Å². The molecule has 1 atom stereocenters. The summed E-state index contributed by atoms with van der Waals surface area (Å²) in [6, 6.07) is 6.65. The number of hydrogen-bond donors (Lipinski definition) is 1. The fourth-order valence-electron chi connectivity index (χ4n) is 2.39. The molecule has 0 radical (unpaired) electrons. The third-order valence-corrected chi connectivity index (χ3v) is 3.82. The van der Waals surface area contributed by atoms with Crippen LogP contribution in [0.15, 0.2) is 18.2 Å². The molecule has 88 valence electrons. The summed E-state index contributed by atoms with van der Waals surface area (Å²) in [6.07, 6.45) is 6.69. The SMILES string of the molecule is OCCCC(Cl)c1ccc2c(c1)CCCC2. The van der Waals surface area contributed by atoms with Gasteiger partial charge in [0.2, 0.25) is 0 Å². The van der Waals surface area contributed by atoms with Gasteiger partial charge < -0.3 is 5.11 Å². The van der Waals surface area contributed by atoms with Crippen molar-refractivity contribution in [2.75, 3.05) is 6.61 Å². The summed E-state index contributed by atoms with van der Waals surface area (Å²) >= 11 is 6.32. The average Bonchev–Trinajstić information content (AvgIpc) is 2.35. The van der Waals surface area contributed by atoms with E-state index in [-0.39, 0.29) is 12.0 Å². The van der Waals surface area contributed by atoms with Crippen LogP contribution in [0.4, 0.5) is 0 Å². The fraction of sp³-hybridized carbons (Fsp3) is 0.571. The number of aliphatic hydroxyl groups excluding tert-OH is 1. The van der Waals surface area contributed by atoms with E-state index in [0.717, 1.165) is 12.8 Å². The summed E-state index contributed by atoms with van der Waals surface area (Å²) in [7, 11) is 0. The molecule has 0 amide bonds. The lowest BCUT2D eigenvalue weighted by Gasteiger charge is -2.18. The van der Waals surface area contributed by atoms with Crippen molar-refractivity contribution in [3.63, 3.8) is 0 Å². The van der Waals surface area contributed by atoms with Crippen molar-refractivity contribution >= 4 is 11.6 Å². The highest BCUT2D eigenvalue weighted by molar-refractivity contribution is 6.20. The van der Waals surface area contributed by atoms with E-state index in [4.69, 9.17) is 16.7 Å². The first-order chi connectivity index (χ1) is 7.81. The molecule has 0 saturated heterocycles. The number of hydrogen-bond acceptors (Lipinski definition) is 1. The average molecular weight is 239 g/mol. The molecule has 1 aromatic carbocycles. The Balaban J connectivity index is 2.10. The Morgan fingerprint density at radius 1 is 1.19 bits per heavy atom. The van der Waals surface area contributed by atoms with Crippen LogP contribution in [0.3, 0.4) is 0 Å². The van der Waals surface area contributed by atoms with E-state index in [2.05, 4.69) is 18.2 Å². The molecule has 1 aliphatic rings. The highest BCUT2D eigenvalue weighted by atomic mass is 35.5. The minimum atomic E-state index is 0.0550. The van der Waals surface area contributed by atoms with Crippen LogP contribution >= 0.6 is 11.6 Å². The van der Waals surface area contributed by atoms with Gasteiger partial charge in [0.1, 0.15) is 0 Å². The Hall–Kier alpha value is -0.530. The van der Waals surface area contributed by atoms with E-state index in [1.165, 1.54) is 42.4 Å². The van der Waals surface area contributed by atoms with Crippen LogP contribution < -0.4 is 0 Å². The van der Waals surface area contributed by atoms with E-state index < -0.39 is 0 Å². The molecule has 0 saturated carbocycles. The predicted molar refractivity (Wildman–Crippen MR) is 68.0 cm³/mol. The van der Waals surface area contributed by atoms with Gasteiger partial charge in [-0.1, -0.05) is 18.2 Å². The highest BCUT2D eigenvalue weighted by Gasteiger charge is 2.13. The molecule has 0 spiro atoms. The number of fused-ring (bicyclic) bond motifs is 1. The molecule has 0 heterocycles. The molecule has 1 nitrogen and oxygen atoms in total. The lowest BCUT2D eigenvalue weighted by atomic mass is 9.89. The predicted octanol–water partition coefficient (Wildman–Crippen LogP) is 3.62. The van der Waals surface area contributed by atoms with Gasteiger partial charge >= 0.3 is 0 Å². The van der Waals surface area contributed by atoms with Crippen LogP contribution in [0.2, 0.25) is 0 Å². The summed E-state index contributed by atoms with van der Waals surface area (Å²) in [6.45, 7) is 0.230. The van der Waals surface area contributed by atoms with E-state index in [0.29, 0.717) is 0 Å². The van der Waals surface area contributed by atoms with Crippen molar-refractivity contribution in [2.24, 2.45) is 0 Å². The Bertz CT molecular complexity index is 349. The maximum atomic E-state index is 8.80. The van der Waals surface area contributed by atoms with Gasteiger partial charge in [0.25, 0.3) is 0 Å². The zero-order chi connectivity index (χ0) is 11.4. The molecule has 2 heteroatoms. The van der Waals surface area contributed by atoms with Gasteiger partial charge in [0.15, 0.2) is 0 Å². The molecule has 16 heavy (non-hydrogen) atoms. The first-order valence-electron chi connectivity index (χ1n) is 6.18. The Kier molecular flexibility index (Phi) is 4.25. The second-order valence-corrected chi connectivity index (χ2v) is 5.10. The van der Waals surface area contributed by atoms with Crippen LogP contribution in [-0.4, -0.2) is 11.7 Å². The molecule has 1 aliphatic carbocycles. The van der Waals surface area contributed by atoms with Crippen molar-refractivity contribution in [1.82, 2.24) is 0 Å². The number of aliphatic hydroxyl groups is 1. The smallest absolute Gasteiger partial charge is 0.0586 e. The van der Waals surface area contributed by atoms with Gasteiger partial charge in [-0.05, 0) is 55.2 Å². The van der Waals surface area contributed by atoms with E-state index in [9.17, 15) is 0 Å². The summed E-state index contributed by atoms with van der Waals surface area (Å²) in [5, 5.41) is 8.85. The molecule has 0 aliphatic heterocycles. The summed E-state index contributed by atoms with van der Waals surface area (Å²) in [5.74, 6) is 0. The third-order valence-electron chi connectivity index (χ3n) is 3.35. The Labute approximate surface area is 102 Å². The first-order valence-corrected chi connectivity index (χ1v) is 6.61. The molecule has 1 aromatic rings. The lowest BCUT2D eigenvalue weighted by molar-refractivity contribution is 0.284. The zero-order valence-electron chi connectivity index (χ0n) is 9.58. The topological polar surface area (TPSA) is 20.2 Å². The number of alkyl halides is 1. The van der Waals surface area contributed by atoms with Crippen LogP contribution in [0.5, 0.6) is 0 Å². The largest absolute Gasteiger partial charge is 0.396 e. The summed E-state index contributed by atoms with van der Waals surface area (Å²) < 4.78 is 0. The molecule has 1 N–H and O–H groups in total. The lowest BCUT2D eigenvalue weighted by Crippen LogP contribution is -2.04. The molecule has 2 rings (SSSR count). The second-order valence-electron chi connectivity index (χ2n) is 4.57. The number of halogens is 1. The van der Waals surface area contributed by atoms with Crippen LogP contribution in [0.1, 0.15) is 47.8 Å².